The first-order chi connectivity index (χ1) is 8.18. The first-order valence-corrected chi connectivity index (χ1v) is 7.40. The number of rotatable bonds is 10. The minimum Gasteiger partial charge on any atom is -0.481 e. The normalized spacial score (nSPS) is 9.59. The summed E-state index contributed by atoms with van der Waals surface area (Å²) >= 11 is 0. The molecule has 1 N–H and O–H groups in total. The first kappa shape index (κ1) is 18.8. The van der Waals surface area contributed by atoms with Crippen molar-refractivity contribution >= 4 is 5.97 Å². The predicted octanol–water partition coefficient (Wildman–Crippen LogP) is 5.41. The molecular formula is C15H32O2. The summed E-state index contributed by atoms with van der Waals surface area (Å²) in [5.74, 6) is -0.670. The maximum absolute atomic E-state index is 10.0. The SMILES string of the molecule is CCCCCCC.CCCCCCCC(=O)O. The van der Waals surface area contributed by atoms with E-state index in [1.807, 2.05) is 0 Å². The Morgan fingerprint density at radius 3 is 1.41 bits per heavy atom. The van der Waals surface area contributed by atoms with Gasteiger partial charge in [-0.2, -0.15) is 0 Å². The number of hydrogen-bond acceptors (Lipinski definition) is 1. The molecule has 0 aliphatic carbocycles. The van der Waals surface area contributed by atoms with E-state index in [9.17, 15) is 4.79 Å². The van der Waals surface area contributed by atoms with Crippen LogP contribution in [0.25, 0.3) is 0 Å². The van der Waals surface area contributed by atoms with Gasteiger partial charge in [-0.25, -0.2) is 0 Å². The molecule has 2 heteroatoms. The molecule has 2 nitrogen and oxygen atoms in total. The summed E-state index contributed by atoms with van der Waals surface area (Å²) in [5, 5.41) is 8.27. The molecule has 0 saturated carbocycles. The highest BCUT2D eigenvalue weighted by atomic mass is 16.4. The maximum Gasteiger partial charge on any atom is 0.303 e. The van der Waals surface area contributed by atoms with Crippen molar-refractivity contribution in [3.63, 3.8) is 0 Å². The molecule has 0 aromatic rings. The lowest BCUT2D eigenvalue weighted by molar-refractivity contribution is -0.137. The van der Waals surface area contributed by atoms with Gasteiger partial charge in [-0.15, -0.1) is 0 Å². The largest absolute Gasteiger partial charge is 0.481 e. The van der Waals surface area contributed by atoms with E-state index in [1.54, 1.807) is 0 Å². The molecule has 104 valence electrons. The Morgan fingerprint density at radius 2 is 1.06 bits per heavy atom. The minimum atomic E-state index is -0.670. The van der Waals surface area contributed by atoms with Gasteiger partial charge in [0, 0.05) is 6.42 Å². The van der Waals surface area contributed by atoms with Crippen molar-refractivity contribution in [2.75, 3.05) is 0 Å². The van der Waals surface area contributed by atoms with Crippen molar-refractivity contribution in [2.45, 2.75) is 91.4 Å². The number of carboxylic acid groups (broad SMARTS) is 1. The third kappa shape index (κ3) is 25.6. The number of hydrogen-bond donors (Lipinski definition) is 1. The van der Waals surface area contributed by atoms with Gasteiger partial charge in [0.15, 0.2) is 0 Å². The van der Waals surface area contributed by atoms with E-state index in [1.165, 1.54) is 51.4 Å². The molecule has 0 spiro atoms. The van der Waals surface area contributed by atoms with Gasteiger partial charge in [0.2, 0.25) is 0 Å². The Balaban J connectivity index is 0. The highest BCUT2D eigenvalue weighted by Gasteiger charge is 1.94. The lowest BCUT2D eigenvalue weighted by Crippen LogP contribution is -1.93. The Kier molecular flexibility index (Phi) is 19.8. The summed E-state index contributed by atoms with van der Waals surface area (Å²) in [6.45, 7) is 6.64. The molecule has 0 radical (unpaired) electrons. The zero-order valence-electron chi connectivity index (χ0n) is 12.1. The smallest absolute Gasteiger partial charge is 0.303 e. The molecule has 0 amide bonds. The topological polar surface area (TPSA) is 37.3 Å². The zero-order valence-corrected chi connectivity index (χ0v) is 12.1. The fourth-order valence-corrected chi connectivity index (χ4v) is 1.56. The van der Waals surface area contributed by atoms with Crippen molar-refractivity contribution in [1.29, 1.82) is 0 Å². The minimum absolute atomic E-state index is 0.337. The summed E-state index contributed by atoms with van der Waals surface area (Å²) < 4.78 is 0. The lowest BCUT2D eigenvalue weighted by atomic mass is 10.1. The van der Waals surface area contributed by atoms with Gasteiger partial charge in [-0.1, -0.05) is 78.6 Å². The molecule has 0 heterocycles. The van der Waals surface area contributed by atoms with Crippen LogP contribution in [0.3, 0.4) is 0 Å². The van der Waals surface area contributed by atoms with Gasteiger partial charge in [0.1, 0.15) is 0 Å². The van der Waals surface area contributed by atoms with E-state index in [-0.39, 0.29) is 0 Å². The van der Waals surface area contributed by atoms with E-state index in [0.717, 1.165) is 12.8 Å². The Labute approximate surface area is 108 Å². The van der Waals surface area contributed by atoms with Crippen LogP contribution in [-0.2, 0) is 4.79 Å². The molecule has 0 aromatic carbocycles. The van der Waals surface area contributed by atoms with E-state index in [0.29, 0.717) is 6.42 Å². The zero-order chi connectivity index (χ0) is 13.4. The number of unbranched alkanes of at least 4 members (excludes halogenated alkanes) is 8. The van der Waals surface area contributed by atoms with Gasteiger partial charge in [0.25, 0.3) is 0 Å². The number of aliphatic carboxylic acids is 1. The molecule has 0 aliphatic heterocycles. The van der Waals surface area contributed by atoms with E-state index in [2.05, 4.69) is 20.8 Å². The van der Waals surface area contributed by atoms with Crippen LogP contribution >= 0.6 is 0 Å². The van der Waals surface area contributed by atoms with Crippen molar-refractivity contribution in [3.8, 4) is 0 Å². The summed E-state index contributed by atoms with van der Waals surface area (Å²) in [6, 6.07) is 0. The molecule has 17 heavy (non-hydrogen) atoms. The van der Waals surface area contributed by atoms with E-state index < -0.39 is 5.97 Å². The number of carbonyl (C=O) groups is 1. The summed E-state index contributed by atoms with van der Waals surface area (Å²) in [7, 11) is 0. The van der Waals surface area contributed by atoms with Gasteiger partial charge < -0.3 is 5.11 Å². The summed E-state index contributed by atoms with van der Waals surface area (Å²) in [5.41, 5.74) is 0. The van der Waals surface area contributed by atoms with Gasteiger partial charge in [-0.05, 0) is 6.42 Å². The Hall–Kier alpha value is -0.530. The molecule has 0 rings (SSSR count). The standard InChI is InChI=1S/C8H16O2.C7H16/c1-2-3-4-5-6-7-8(9)10;1-3-5-7-6-4-2/h2-7H2,1H3,(H,9,10);3-7H2,1-2H3. The van der Waals surface area contributed by atoms with Crippen LogP contribution in [-0.4, -0.2) is 11.1 Å². The lowest BCUT2D eigenvalue weighted by Gasteiger charge is -1.95. The van der Waals surface area contributed by atoms with Crippen molar-refractivity contribution in [2.24, 2.45) is 0 Å². The average molecular weight is 244 g/mol. The van der Waals surface area contributed by atoms with E-state index in [4.69, 9.17) is 5.11 Å². The second-order valence-corrected chi connectivity index (χ2v) is 4.62. The van der Waals surface area contributed by atoms with Gasteiger partial charge >= 0.3 is 5.97 Å². The van der Waals surface area contributed by atoms with Crippen molar-refractivity contribution < 1.29 is 9.90 Å². The highest BCUT2D eigenvalue weighted by Crippen LogP contribution is 2.04. The van der Waals surface area contributed by atoms with Crippen LogP contribution in [0, 0.1) is 0 Å². The monoisotopic (exact) mass is 244 g/mol. The third-order valence-electron chi connectivity index (χ3n) is 2.70. The van der Waals surface area contributed by atoms with Crippen LogP contribution in [0.2, 0.25) is 0 Å². The quantitative estimate of drug-likeness (QED) is 0.522. The van der Waals surface area contributed by atoms with Crippen LogP contribution in [0.1, 0.15) is 91.4 Å². The second-order valence-electron chi connectivity index (χ2n) is 4.62. The molecule has 0 unspecified atom stereocenters. The van der Waals surface area contributed by atoms with E-state index >= 15 is 0 Å². The Morgan fingerprint density at radius 1 is 0.706 bits per heavy atom. The van der Waals surface area contributed by atoms with Crippen LogP contribution in [0.5, 0.6) is 0 Å². The molecule has 0 aromatic heterocycles. The highest BCUT2D eigenvalue weighted by molar-refractivity contribution is 5.66. The third-order valence-corrected chi connectivity index (χ3v) is 2.70. The summed E-state index contributed by atoms with van der Waals surface area (Å²) in [4.78, 5) is 10.0. The molecule has 0 aliphatic rings. The fourth-order valence-electron chi connectivity index (χ4n) is 1.56. The van der Waals surface area contributed by atoms with Crippen molar-refractivity contribution in [3.05, 3.63) is 0 Å². The first-order valence-electron chi connectivity index (χ1n) is 7.40. The fraction of sp³-hybridized carbons (Fsp3) is 0.933. The molecule has 0 fully saturated rings. The van der Waals surface area contributed by atoms with Gasteiger partial charge in [-0.3, -0.25) is 4.79 Å². The molecule has 0 bridgehead atoms. The van der Waals surface area contributed by atoms with Crippen LogP contribution < -0.4 is 0 Å². The molecular weight excluding hydrogens is 212 g/mol. The van der Waals surface area contributed by atoms with Gasteiger partial charge in [0.05, 0.1) is 0 Å². The predicted molar refractivity (Wildman–Crippen MR) is 75.4 cm³/mol. The summed E-state index contributed by atoms with van der Waals surface area (Å²) in [6.07, 6.45) is 12.9. The maximum atomic E-state index is 10.0. The molecule has 0 atom stereocenters. The molecule has 0 saturated heterocycles. The number of carboxylic acids is 1. The van der Waals surface area contributed by atoms with Crippen LogP contribution in [0.4, 0.5) is 0 Å². The average Bonchev–Trinajstić information content (AvgIpc) is 2.30. The Bertz CT molecular complexity index is 140. The van der Waals surface area contributed by atoms with Crippen molar-refractivity contribution in [1.82, 2.24) is 0 Å². The van der Waals surface area contributed by atoms with Crippen LogP contribution in [0.15, 0.2) is 0 Å². The second kappa shape index (κ2) is 17.9.